The second kappa shape index (κ2) is 5.60. The zero-order chi connectivity index (χ0) is 13.8. The molecule has 0 bridgehead atoms. The van der Waals surface area contributed by atoms with Gasteiger partial charge in [-0.05, 0) is 18.2 Å². The van der Waals surface area contributed by atoms with E-state index in [4.69, 9.17) is 10.5 Å². The highest BCUT2D eigenvalue weighted by Crippen LogP contribution is 2.23. The molecule has 1 aliphatic heterocycles. The van der Waals surface area contributed by atoms with Crippen LogP contribution in [0.1, 0.15) is 16.8 Å². The number of ether oxygens (including phenoxy) is 1. The van der Waals surface area contributed by atoms with Crippen molar-refractivity contribution >= 4 is 17.5 Å². The summed E-state index contributed by atoms with van der Waals surface area (Å²) in [7, 11) is 1.51. The lowest BCUT2D eigenvalue weighted by atomic mass is 10.1. The molecule has 1 aliphatic rings. The minimum Gasteiger partial charge on any atom is -0.496 e. The van der Waals surface area contributed by atoms with Crippen molar-refractivity contribution in [2.75, 3.05) is 32.5 Å². The van der Waals surface area contributed by atoms with E-state index in [1.165, 1.54) is 7.11 Å². The summed E-state index contributed by atoms with van der Waals surface area (Å²) in [4.78, 5) is 25.3. The van der Waals surface area contributed by atoms with Crippen molar-refractivity contribution in [3.05, 3.63) is 23.8 Å². The van der Waals surface area contributed by atoms with Crippen LogP contribution in [0.2, 0.25) is 0 Å². The average molecular weight is 263 g/mol. The Labute approximate surface area is 111 Å². The first-order valence-electron chi connectivity index (χ1n) is 6.11. The number of benzene rings is 1. The summed E-state index contributed by atoms with van der Waals surface area (Å²) >= 11 is 0. The molecule has 3 N–H and O–H groups in total. The molecule has 19 heavy (non-hydrogen) atoms. The van der Waals surface area contributed by atoms with Crippen LogP contribution in [0.25, 0.3) is 0 Å². The zero-order valence-corrected chi connectivity index (χ0v) is 10.8. The number of carbonyl (C=O) groups excluding carboxylic acids is 2. The molecule has 0 saturated carbocycles. The molecule has 1 aromatic carbocycles. The van der Waals surface area contributed by atoms with Gasteiger partial charge in [-0.2, -0.15) is 0 Å². The van der Waals surface area contributed by atoms with Gasteiger partial charge in [-0.25, -0.2) is 0 Å². The van der Waals surface area contributed by atoms with Crippen molar-refractivity contribution in [1.82, 2.24) is 10.2 Å². The lowest BCUT2D eigenvalue weighted by molar-refractivity contribution is -0.120. The van der Waals surface area contributed by atoms with Crippen LogP contribution in [0.4, 0.5) is 5.69 Å². The molecule has 0 radical (unpaired) electrons. The number of rotatable bonds is 2. The molecule has 1 aromatic rings. The SMILES string of the molecule is COc1ccc(N)cc1C(=O)N1CCNC(=O)CC1. The normalized spacial score (nSPS) is 15.6. The maximum Gasteiger partial charge on any atom is 0.257 e. The fraction of sp³-hybridized carbons (Fsp3) is 0.385. The van der Waals surface area contributed by atoms with Crippen LogP contribution in [0, 0.1) is 0 Å². The molecular weight excluding hydrogens is 246 g/mol. The van der Waals surface area contributed by atoms with Gasteiger partial charge in [-0.15, -0.1) is 0 Å². The predicted octanol–water partition coefficient (Wildman–Crippen LogP) is 0.239. The quantitative estimate of drug-likeness (QED) is 0.749. The molecule has 6 nitrogen and oxygen atoms in total. The van der Waals surface area contributed by atoms with Gasteiger partial charge < -0.3 is 20.7 Å². The molecule has 0 aliphatic carbocycles. The third kappa shape index (κ3) is 2.96. The Morgan fingerprint density at radius 2 is 2.21 bits per heavy atom. The Bertz CT molecular complexity index is 502. The molecule has 1 fully saturated rings. The molecule has 102 valence electrons. The summed E-state index contributed by atoms with van der Waals surface area (Å²) in [6, 6.07) is 4.95. The lowest BCUT2D eigenvalue weighted by Gasteiger charge is -2.21. The average Bonchev–Trinajstić information content (AvgIpc) is 2.62. The van der Waals surface area contributed by atoms with Gasteiger partial charge in [-0.1, -0.05) is 0 Å². The number of nitrogens with one attached hydrogen (secondary N) is 1. The van der Waals surface area contributed by atoms with E-state index in [9.17, 15) is 9.59 Å². The fourth-order valence-corrected chi connectivity index (χ4v) is 2.03. The van der Waals surface area contributed by atoms with E-state index in [1.807, 2.05) is 0 Å². The molecule has 6 heteroatoms. The Kier molecular flexibility index (Phi) is 3.89. The Morgan fingerprint density at radius 3 is 2.95 bits per heavy atom. The standard InChI is InChI=1S/C13H17N3O3/c1-19-11-3-2-9(14)8-10(11)13(18)16-6-4-12(17)15-5-7-16/h2-3,8H,4-7,14H2,1H3,(H,15,17). The second-order valence-corrected chi connectivity index (χ2v) is 4.35. The van der Waals surface area contributed by atoms with E-state index in [1.54, 1.807) is 23.1 Å². The fourth-order valence-electron chi connectivity index (χ4n) is 2.03. The Hall–Kier alpha value is -2.24. The van der Waals surface area contributed by atoms with Crippen molar-refractivity contribution in [2.24, 2.45) is 0 Å². The number of carbonyl (C=O) groups is 2. The van der Waals surface area contributed by atoms with E-state index < -0.39 is 0 Å². The van der Waals surface area contributed by atoms with E-state index >= 15 is 0 Å². The Balaban J connectivity index is 2.23. The van der Waals surface area contributed by atoms with Gasteiger partial charge in [-0.3, -0.25) is 9.59 Å². The molecule has 0 aromatic heterocycles. The number of hydrogen-bond acceptors (Lipinski definition) is 4. The smallest absolute Gasteiger partial charge is 0.257 e. The number of nitrogens with two attached hydrogens (primary N) is 1. The highest BCUT2D eigenvalue weighted by molar-refractivity contribution is 5.98. The molecule has 1 saturated heterocycles. The maximum atomic E-state index is 12.4. The topological polar surface area (TPSA) is 84.7 Å². The van der Waals surface area contributed by atoms with Gasteiger partial charge in [0.05, 0.1) is 12.7 Å². The van der Waals surface area contributed by atoms with Crippen molar-refractivity contribution in [1.29, 1.82) is 0 Å². The minimum absolute atomic E-state index is 0.0326. The summed E-state index contributed by atoms with van der Waals surface area (Å²) in [6.45, 7) is 1.36. The summed E-state index contributed by atoms with van der Waals surface area (Å²) in [6.07, 6.45) is 0.316. The number of amides is 2. The van der Waals surface area contributed by atoms with Gasteiger partial charge in [0.25, 0.3) is 5.91 Å². The zero-order valence-electron chi connectivity index (χ0n) is 10.8. The monoisotopic (exact) mass is 263 g/mol. The minimum atomic E-state index is -0.166. The highest BCUT2D eigenvalue weighted by atomic mass is 16.5. The largest absolute Gasteiger partial charge is 0.496 e. The van der Waals surface area contributed by atoms with Crippen LogP contribution in [-0.2, 0) is 4.79 Å². The second-order valence-electron chi connectivity index (χ2n) is 4.35. The van der Waals surface area contributed by atoms with E-state index in [0.29, 0.717) is 43.1 Å². The van der Waals surface area contributed by atoms with Crippen molar-refractivity contribution in [3.8, 4) is 5.75 Å². The molecule has 1 heterocycles. The summed E-state index contributed by atoms with van der Waals surface area (Å²) in [5.41, 5.74) is 6.64. The van der Waals surface area contributed by atoms with Crippen molar-refractivity contribution in [2.45, 2.75) is 6.42 Å². The maximum absolute atomic E-state index is 12.4. The van der Waals surface area contributed by atoms with E-state index in [-0.39, 0.29) is 11.8 Å². The first kappa shape index (κ1) is 13.2. The van der Waals surface area contributed by atoms with Crippen LogP contribution in [0.5, 0.6) is 5.75 Å². The molecular formula is C13H17N3O3. The molecule has 2 amide bonds. The molecule has 2 rings (SSSR count). The number of methoxy groups -OCH3 is 1. The van der Waals surface area contributed by atoms with Gasteiger partial charge >= 0.3 is 0 Å². The van der Waals surface area contributed by atoms with Crippen LogP contribution in [0.15, 0.2) is 18.2 Å². The third-order valence-electron chi connectivity index (χ3n) is 3.05. The summed E-state index contributed by atoms with van der Waals surface area (Å²) in [5, 5.41) is 2.73. The van der Waals surface area contributed by atoms with Crippen LogP contribution in [-0.4, -0.2) is 43.5 Å². The van der Waals surface area contributed by atoms with Gasteiger partial charge in [0, 0.05) is 31.7 Å². The van der Waals surface area contributed by atoms with E-state index in [0.717, 1.165) is 0 Å². The van der Waals surface area contributed by atoms with Crippen LogP contribution in [0.3, 0.4) is 0 Å². The van der Waals surface area contributed by atoms with Crippen molar-refractivity contribution < 1.29 is 14.3 Å². The van der Waals surface area contributed by atoms with Crippen LogP contribution >= 0.6 is 0 Å². The number of nitrogens with zero attached hydrogens (tertiary/aromatic N) is 1. The lowest BCUT2D eigenvalue weighted by Crippen LogP contribution is -2.34. The number of anilines is 1. The van der Waals surface area contributed by atoms with Gasteiger partial charge in [0.2, 0.25) is 5.91 Å². The van der Waals surface area contributed by atoms with Gasteiger partial charge in [0.1, 0.15) is 5.75 Å². The highest BCUT2D eigenvalue weighted by Gasteiger charge is 2.22. The third-order valence-corrected chi connectivity index (χ3v) is 3.05. The molecule has 0 atom stereocenters. The molecule has 0 spiro atoms. The Morgan fingerprint density at radius 1 is 1.42 bits per heavy atom. The summed E-state index contributed by atoms with van der Waals surface area (Å²) < 4.78 is 5.18. The predicted molar refractivity (Wildman–Crippen MR) is 70.9 cm³/mol. The van der Waals surface area contributed by atoms with Crippen molar-refractivity contribution in [3.63, 3.8) is 0 Å². The van der Waals surface area contributed by atoms with Gasteiger partial charge in [0.15, 0.2) is 0 Å². The first-order valence-corrected chi connectivity index (χ1v) is 6.11. The molecule has 0 unspecified atom stereocenters. The first-order chi connectivity index (χ1) is 9.11. The number of hydrogen-bond donors (Lipinski definition) is 2. The van der Waals surface area contributed by atoms with Crippen LogP contribution < -0.4 is 15.8 Å². The summed E-state index contributed by atoms with van der Waals surface area (Å²) in [5.74, 6) is 0.290. The van der Waals surface area contributed by atoms with E-state index in [2.05, 4.69) is 5.32 Å². The number of nitrogen functional groups attached to an aromatic ring is 1.